The van der Waals surface area contributed by atoms with Crippen LogP contribution < -0.4 is 5.63 Å². The first-order valence-electron chi connectivity index (χ1n) is 8.21. The number of hydrogen-bond acceptors (Lipinski definition) is 3. The zero-order valence-electron chi connectivity index (χ0n) is 13.5. The van der Waals surface area contributed by atoms with Crippen molar-refractivity contribution in [2.75, 3.05) is 13.1 Å². The normalized spacial score (nSPS) is 19.8. The van der Waals surface area contributed by atoms with Gasteiger partial charge in [0.25, 0.3) is 0 Å². The molecule has 1 aliphatic rings. The summed E-state index contributed by atoms with van der Waals surface area (Å²) in [6.45, 7) is 2.94. The topological polar surface area (TPSA) is 33.5 Å². The molecule has 2 aromatic rings. The predicted molar refractivity (Wildman–Crippen MR) is 85.9 cm³/mol. The zero-order chi connectivity index (χ0) is 17.3. The van der Waals surface area contributed by atoms with E-state index in [-0.39, 0.29) is 13.0 Å². The van der Waals surface area contributed by atoms with Crippen LogP contribution in [0.4, 0.5) is 13.2 Å². The maximum absolute atomic E-state index is 13.0. The van der Waals surface area contributed by atoms with Crippen LogP contribution in [0.2, 0.25) is 0 Å². The van der Waals surface area contributed by atoms with E-state index in [1.807, 2.05) is 25.1 Å². The van der Waals surface area contributed by atoms with Gasteiger partial charge in [-0.25, -0.2) is 4.79 Å². The summed E-state index contributed by atoms with van der Waals surface area (Å²) in [7, 11) is 0. The van der Waals surface area contributed by atoms with Crippen molar-refractivity contribution in [3.05, 3.63) is 45.8 Å². The Balaban J connectivity index is 1.88. The van der Waals surface area contributed by atoms with Gasteiger partial charge in [0.15, 0.2) is 0 Å². The standard InChI is InChI=1S/C18H20F3NO2/c1-2-12-5-6-15-13(9-17(23)24-16(15)8-12)10-22-7-3-4-14(11-22)18(19,20)21/h5-6,8-9,14H,2-4,7,10-11H2,1H3/t14-/m0/s1. The molecule has 0 radical (unpaired) electrons. The summed E-state index contributed by atoms with van der Waals surface area (Å²) in [6, 6.07) is 7.07. The van der Waals surface area contributed by atoms with Gasteiger partial charge >= 0.3 is 11.8 Å². The Hall–Kier alpha value is -1.82. The number of hydrogen-bond donors (Lipinski definition) is 0. The monoisotopic (exact) mass is 339 g/mol. The fourth-order valence-corrected chi connectivity index (χ4v) is 3.33. The molecule has 0 unspecified atom stereocenters. The maximum atomic E-state index is 13.0. The van der Waals surface area contributed by atoms with E-state index in [4.69, 9.17) is 4.42 Å². The Bertz CT molecular complexity index is 782. The molecule has 0 amide bonds. The fourth-order valence-electron chi connectivity index (χ4n) is 3.33. The summed E-state index contributed by atoms with van der Waals surface area (Å²) in [4.78, 5) is 13.6. The summed E-state index contributed by atoms with van der Waals surface area (Å²) in [5.41, 5.74) is 1.82. The van der Waals surface area contributed by atoms with Crippen LogP contribution in [0.1, 0.15) is 30.9 Å². The lowest BCUT2D eigenvalue weighted by atomic mass is 9.96. The van der Waals surface area contributed by atoms with Crippen molar-refractivity contribution in [1.29, 1.82) is 0 Å². The summed E-state index contributed by atoms with van der Waals surface area (Å²) >= 11 is 0. The molecule has 24 heavy (non-hydrogen) atoms. The summed E-state index contributed by atoms with van der Waals surface area (Å²) < 4.78 is 44.1. The maximum Gasteiger partial charge on any atom is 0.393 e. The van der Waals surface area contributed by atoms with E-state index in [1.165, 1.54) is 6.07 Å². The molecule has 0 bridgehead atoms. The summed E-state index contributed by atoms with van der Waals surface area (Å²) in [5, 5.41) is 0.793. The van der Waals surface area contributed by atoms with E-state index in [0.29, 0.717) is 25.1 Å². The van der Waals surface area contributed by atoms with Gasteiger partial charge in [-0.2, -0.15) is 13.2 Å². The number of fused-ring (bicyclic) bond motifs is 1. The van der Waals surface area contributed by atoms with E-state index < -0.39 is 17.7 Å². The minimum Gasteiger partial charge on any atom is -0.423 e. The molecule has 0 saturated carbocycles. The van der Waals surface area contributed by atoms with Crippen molar-refractivity contribution in [3.8, 4) is 0 Å². The molecule has 1 fully saturated rings. The third kappa shape index (κ3) is 3.64. The summed E-state index contributed by atoms with van der Waals surface area (Å²) in [5.74, 6) is -1.29. The van der Waals surface area contributed by atoms with Gasteiger partial charge in [0.05, 0.1) is 5.92 Å². The van der Waals surface area contributed by atoms with Crippen molar-refractivity contribution in [1.82, 2.24) is 4.90 Å². The minimum atomic E-state index is -4.16. The molecule has 1 aliphatic heterocycles. The van der Waals surface area contributed by atoms with Crippen LogP contribution in [0.15, 0.2) is 33.5 Å². The number of alkyl halides is 3. The highest BCUT2D eigenvalue weighted by Gasteiger charge is 2.41. The molecule has 3 rings (SSSR count). The molecule has 2 heterocycles. The SMILES string of the molecule is CCc1ccc2c(CN3CCC[C@H](C(F)(F)F)C3)cc(=O)oc2c1. The average Bonchev–Trinajstić information content (AvgIpc) is 2.53. The molecule has 6 heteroatoms. The van der Waals surface area contributed by atoms with Gasteiger partial charge in [-0.05, 0) is 43.0 Å². The highest BCUT2D eigenvalue weighted by atomic mass is 19.4. The second-order valence-electron chi connectivity index (χ2n) is 6.39. The molecule has 0 aliphatic carbocycles. The molecule has 0 N–H and O–H groups in total. The number of aryl methyl sites for hydroxylation is 1. The van der Waals surface area contributed by atoms with Crippen molar-refractivity contribution in [3.63, 3.8) is 0 Å². The van der Waals surface area contributed by atoms with Crippen LogP contribution in [0.25, 0.3) is 11.0 Å². The smallest absolute Gasteiger partial charge is 0.393 e. The van der Waals surface area contributed by atoms with Crippen molar-refractivity contribution >= 4 is 11.0 Å². The number of halogens is 3. The number of rotatable bonds is 3. The minimum absolute atomic E-state index is 0.0156. The van der Waals surface area contributed by atoms with Gasteiger partial charge in [-0.1, -0.05) is 19.1 Å². The van der Waals surface area contributed by atoms with Crippen LogP contribution in [0, 0.1) is 5.92 Å². The third-order valence-electron chi connectivity index (χ3n) is 4.67. The van der Waals surface area contributed by atoms with Gasteiger partial charge in [0, 0.05) is 24.5 Å². The predicted octanol–water partition coefficient (Wildman–Crippen LogP) is 4.13. The van der Waals surface area contributed by atoms with E-state index in [1.54, 1.807) is 4.90 Å². The highest BCUT2D eigenvalue weighted by Crippen LogP contribution is 2.34. The quantitative estimate of drug-likeness (QED) is 0.789. The molecule has 1 aromatic heterocycles. The zero-order valence-corrected chi connectivity index (χ0v) is 13.5. The first-order chi connectivity index (χ1) is 11.4. The number of nitrogens with zero attached hydrogens (tertiary/aromatic N) is 1. The van der Waals surface area contributed by atoms with Crippen LogP contribution in [-0.2, 0) is 13.0 Å². The lowest BCUT2D eigenvalue weighted by Crippen LogP contribution is -2.41. The van der Waals surface area contributed by atoms with Gasteiger partial charge < -0.3 is 4.42 Å². The molecule has 3 nitrogen and oxygen atoms in total. The van der Waals surface area contributed by atoms with Crippen LogP contribution in [0.3, 0.4) is 0 Å². The van der Waals surface area contributed by atoms with Crippen molar-refractivity contribution in [2.45, 2.75) is 38.9 Å². The van der Waals surface area contributed by atoms with Crippen LogP contribution >= 0.6 is 0 Å². The molecular formula is C18H20F3NO2. The number of benzene rings is 1. The molecular weight excluding hydrogens is 319 g/mol. The summed E-state index contributed by atoms with van der Waals surface area (Å²) in [6.07, 6.45) is -2.64. The van der Waals surface area contributed by atoms with E-state index in [9.17, 15) is 18.0 Å². The lowest BCUT2D eigenvalue weighted by Gasteiger charge is -2.33. The highest BCUT2D eigenvalue weighted by molar-refractivity contribution is 5.80. The Labute approximate surface area is 138 Å². The molecule has 1 saturated heterocycles. The van der Waals surface area contributed by atoms with Gasteiger partial charge in [-0.15, -0.1) is 0 Å². The molecule has 1 aromatic carbocycles. The molecule has 130 valence electrons. The largest absolute Gasteiger partial charge is 0.423 e. The number of likely N-dealkylation sites (tertiary alicyclic amines) is 1. The first kappa shape index (κ1) is 17.0. The van der Waals surface area contributed by atoms with Gasteiger partial charge in [0.2, 0.25) is 0 Å². The van der Waals surface area contributed by atoms with Crippen LogP contribution in [0.5, 0.6) is 0 Å². The lowest BCUT2D eigenvalue weighted by molar-refractivity contribution is -0.187. The first-order valence-corrected chi connectivity index (χ1v) is 8.21. The Morgan fingerprint density at radius 1 is 1.29 bits per heavy atom. The Morgan fingerprint density at radius 2 is 2.08 bits per heavy atom. The molecule has 1 atom stereocenters. The van der Waals surface area contributed by atoms with Gasteiger partial charge in [0.1, 0.15) is 5.58 Å². The molecule has 0 spiro atoms. The van der Waals surface area contributed by atoms with Crippen LogP contribution in [-0.4, -0.2) is 24.2 Å². The Morgan fingerprint density at radius 3 is 2.79 bits per heavy atom. The van der Waals surface area contributed by atoms with E-state index in [0.717, 1.165) is 22.9 Å². The number of piperidine rings is 1. The van der Waals surface area contributed by atoms with Crippen molar-refractivity contribution < 1.29 is 17.6 Å². The fraction of sp³-hybridized carbons (Fsp3) is 0.500. The second kappa shape index (κ2) is 6.59. The Kier molecular flexibility index (Phi) is 4.67. The third-order valence-corrected chi connectivity index (χ3v) is 4.67. The van der Waals surface area contributed by atoms with Crippen molar-refractivity contribution in [2.24, 2.45) is 5.92 Å². The average molecular weight is 339 g/mol. The van der Waals surface area contributed by atoms with E-state index >= 15 is 0 Å². The second-order valence-corrected chi connectivity index (χ2v) is 6.39. The van der Waals surface area contributed by atoms with Gasteiger partial charge in [-0.3, -0.25) is 4.90 Å². The van der Waals surface area contributed by atoms with E-state index in [2.05, 4.69) is 0 Å².